The molecule has 1 saturated heterocycles. The lowest BCUT2D eigenvalue weighted by Crippen LogP contribution is -2.47. The van der Waals surface area contributed by atoms with Crippen LogP contribution in [0.1, 0.15) is 66.6 Å². The Balaban J connectivity index is 1.61. The largest absolute Gasteiger partial charge is 0.377 e. The highest BCUT2D eigenvalue weighted by Crippen LogP contribution is 2.29. The Morgan fingerprint density at radius 3 is 2.70 bits per heavy atom. The Labute approximate surface area is 179 Å². The number of nitrogens with one attached hydrogen (secondary N) is 1. The normalized spacial score (nSPS) is 21.2. The number of amides is 1. The highest BCUT2D eigenvalue weighted by atomic mass is 16.5. The average Bonchev–Trinajstić information content (AvgIpc) is 3.18. The van der Waals surface area contributed by atoms with Crippen LogP contribution in [0.5, 0.6) is 0 Å². The van der Waals surface area contributed by atoms with Crippen molar-refractivity contribution in [1.82, 2.24) is 14.8 Å². The molecule has 2 aliphatic heterocycles. The summed E-state index contributed by atoms with van der Waals surface area (Å²) in [4.78, 5) is 15.3. The van der Waals surface area contributed by atoms with Crippen molar-refractivity contribution in [3.63, 3.8) is 0 Å². The van der Waals surface area contributed by atoms with E-state index in [0.29, 0.717) is 33.0 Å². The van der Waals surface area contributed by atoms with E-state index in [2.05, 4.69) is 54.1 Å². The molecule has 3 atom stereocenters. The van der Waals surface area contributed by atoms with Gasteiger partial charge in [0.2, 0.25) is 0 Å². The molecule has 1 aromatic heterocycles. The minimum atomic E-state index is 0.0906. The van der Waals surface area contributed by atoms with Crippen LogP contribution in [-0.2, 0) is 22.6 Å². The first-order chi connectivity index (χ1) is 14.6. The molecular weight excluding hydrogens is 378 g/mol. The number of hydrogen-bond donors (Lipinski definition) is 1. The highest BCUT2D eigenvalue weighted by molar-refractivity contribution is 5.96. The lowest BCUT2D eigenvalue weighted by atomic mass is 10.0. The van der Waals surface area contributed by atoms with Gasteiger partial charge in [-0.2, -0.15) is 0 Å². The number of carbonyl (C=O) groups is 1. The van der Waals surface area contributed by atoms with Gasteiger partial charge in [-0.3, -0.25) is 4.79 Å². The molecule has 1 unspecified atom stereocenters. The van der Waals surface area contributed by atoms with Crippen molar-refractivity contribution in [2.45, 2.75) is 58.5 Å². The van der Waals surface area contributed by atoms with E-state index in [1.54, 1.807) is 0 Å². The van der Waals surface area contributed by atoms with E-state index in [0.717, 1.165) is 29.9 Å². The van der Waals surface area contributed by atoms with Gasteiger partial charge >= 0.3 is 0 Å². The number of fused-ring (bicyclic) bond motifs is 1. The van der Waals surface area contributed by atoms with Crippen LogP contribution in [0, 0.1) is 0 Å². The van der Waals surface area contributed by atoms with Crippen LogP contribution in [0.25, 0.3) is 0 Å². The number of nitrogens with zero attached hydrogens (tertiary/aromatic N) is 2. The van der Waals surface area contributed by atoms with E-state index in [4.69, 9.17) is 9.47 Å². The molecule has 2 aliphatic rings. The van der Waals surface area contributed by atoms with E-state index in [1.165, 1.54) is 5.56 Å². The fraction of sp³-hybridized carbons (Fsp3) is 0.542. The van der Waals surface area contributed by atoms with Crippen LogP contribution >= 0.6 is 0 Å². The van der Waals surface area contributed by atoms with Crippen molar-refractivity contribution in [3.8, 4) is 0 Å². The van der Waals surface area contributed by atoms with Gasteiger partial charge < -0.3 is 24.3 Å². The minimum absolute atomic E-state index is 0.0906. The fourth-order valence-corrected chi connectivity index (χ4v) is 4.60. The minimum Gasteiger partial charge on any atom is -0.377 e. The third-order valence-corrected chi connectivity index (χ3v) is 6.30. The molecule has 0 bridgehead atoms. The summed E-state index contributed by atoms with van der Waals surface area (Å²) in [6.45, 7) is 10.2. The van der Waals surface area contributed by atoms with Gasteiger partial charge in [-0.05, 0) is 31.9 Å². The van der Waals surface area contributed by atoms with Crippen molar-refractivity contribution in [3.05, 3.63) is 58.9 Å². The standard InChI is InChI=1S/C24H33N3O3/c1-4-21(19-8-6-5-7-9-19)25-18(3)22-14-20(23-16-30-13-11-27(22)23)24(28)26-10-12-29-15-17(26)2/h5-9,14,17-18,21,25H,4,10-13,15-16H2,1-3H3/t17-,18?,21+/m0/s1. The third-order valence-electron chi connectivity index (χ3n) is 6.30. The number of benzene rings is 1. The van der Waals surface area contributed by atoms with Crippen molar-refractivity contribution in [1.29, 1.82) is 0 Å². The number of ether oxygens (including phenoxy) is 2. The molecule has 4 rings (SSSR count). The second-order valence-electron chi connectivity index (χ2n) is 8.32. The van der Waals surface area contributed by atoms with Gasteiger partial charge in [0, 0.05) is 30.9 Å². The molecule has 2 aromatic rings. The molecule has 162 valence electrons. The second-order valence-corrected chi connectivity index (χ2v) is 8.32. The third kappa shape index (κ3) is 4.17. The fourth-order valence-electron chi connectivity index (χ4n) is 4.60. The summed E-state index contributed by atoms with van der Waals surface area (Å²) in [5, 5.41) is 3.78. The van der Waals surface area contributed by atoms with Crippen molar-refractivity contribution >= 4 is 5.91 Å². The van der Waals surface area contributed by atoms with E-state index < -0.39 is 0 Å². The van der Waals surface area contributed by atoms with Gasteiger partial charge in [0.05, 0.1) is 43.7 Å². The zero-order valence-corrected chi connectivity index (χ0v) is 18.3. The van der Waals surface area contributed by atoms with Crippen molar-refractivity contribution < 1.29 is 14.3 Å². The van der Waals surface area contributed by atoms with Crippen molar-refractivity contribution in [2.75, 3.05) is 26.4 Å². The topological polar surface area (TPSA) is 55.7 Å². The first kappa shape index (κ1) is 21.1. The van der Waals surface area contributed by atoms with E-state index in [9.17, 15) is 4.79 Å². The zero-order valence-electron chi connectivity index (χ0n) is 18.3. The molecule has 1 fully saturated rings. The van der Waals surface area contributed by atoms with Gasteiger partial charge in [-0.1, -0.05) is 37.3 Å². The highest BCUT2D eigenvalue weighted by Gasteiger charge is 2.31. The molecule has 1 amide bonds. The van der Waals surface area contributed by atoms with E-state index in [-0.39, 0.29) is 24.0 Å². The van der Waals surface area contributed by atoms with Gasteiger partial charge in [0.15, 0.2) is 0 Å². The Morgan fingerprint density at radius 2 is 1.97 bits per heavy atom. The average molecular weight is 412 g/mol. The zero-order chi connectivity index (χ0) is 21.1. The lowest BCUT2D eigenvalue weighted by molar-refractivity contribution is 0.00317. The van der Waals surface area contributed by atoms with Crippen molar-refractivity contribution in [2.24, 2.45) is 0 Å². The molecule has 6 nitrogen and oxygen atoms in total. The molecule has 0 saturated carbocycles. The maximum absolute atomic E-state index is 13.4. The molecular formula is C24H33N3O3. The first-order valence-corrected chi connectivity index (χ1v) is 11.1. The van der Waals surface area contributed by atoms with Crippen LogP contribution in [0.15, 0.2) is 36.4 Å². The predicted octanol–water partition coefficient (Wildman–Crippen LogP) is 3.68. The summed E-state index contributed by atoms with van der Waals surface area (Å²) >= 11 is 0. The molecule has 1 N–H and O–H groups in total. The molecule has 0 aliphatic carbocycles. The Kier molecular flexibility index (Phi) is 6.56. The molecule has 1 aromatic carbocycles. The van der Waals surface area contributed by atoms with Crippen LogP contribution in [0.2, 0.25) is 0 Å². The van der Waals surface area contributed by atoms with Crippen LogP contribution in [0.4, 0.5) is 0 Å². The molecule has 3 heterocycles. The molecule has 6 heteroatoms. The van der Waals surface area contributed by atoms with Crippen LogP contribution < -0.4 is 5.32 Å². The quantitative estimate of drug-likeness (QED) is 0.788. The van der Waals surface area contributed by atoms with E-state index >= 15 is 0 Å². The monoisotopic (exact) mass is 411 g/mol. The van der Waals surface area contributed by atoms with E-state index in [1.807, 2.05) is 17.9 Å². The first-order valence-electron chi connectivity index (χ1n) is 11.1. The smallest absolute Gasteiger partial charge is 0.256 e. The second kappa shape index (κ2) is 9.33. The van der Waals surface area contributed by atoms with Gasteiger partial charge in [-0.25, -0.2) is 0 Å². The summed E-state index contributed by atoms with van der Waals surface area (Å²) < 4.78 is 13.5. The molecule has 0 spiro atoms. The number of aromatic nitrogens is 1. The maximum atomic E-state index is 13.4. The van der Waals surface area contributed by atoms with Gasteiger partial charge in [0.25, 0.3) is 5.91 Å². The summed E-state index contributed by atoms with van der Waals surface area (Å²) in [5.74, 6) is 0.0913. The predicted molar refractivity (Wildman–Crippen MR) is 116 cm³/mol. The summed E-state index contributed by atoms with van der Waals surface area (Å²) in [6.07, 6.45) is 1.00. The summed E-state index contributed by atoms with van der Waals surface area (Å²) in [7, 11) is 0. The SMILES string of the molecule is CC[C@@H](NC(C)c1cc(C(=O)N2CCOC[C@@H]2C)c2n1CCOC2)c1ccccc1. The molecule has 30 heavy (non-hydrogen) atoms. The molecule has 0 radical (unpaired) electrons. The Morgan fingerprint density at radius 1 is 1.20 bits per heavy atom. The number of carbonyl (C=O) groups excluding carboxylic acids is 1. The van der Waals surface area contributed by atoms with Gasteiger partial charge in [0.1, 0.15) is 0 Å². The Hall–Kier alpha value is -2.15. The van der Waals surface area contributed by atoms with Crippen LogP contribution in [0.3, 0.4) is 0 Å². The lowest BCUT2D eigenvalue weighted by Gasteiger charge is -2.33. The Bertz CT molecular complexity index is 864. The summed E-state index contributed by atoms with van der Waals surface area (Å²) in [5.41, 5.74) is 4.23. The summed E-state index contributed by atoms with van der Waals surface area (Å²) in [6, 6.07) is 13.1. The number of rotatable bonds is 6. The van der Waals surface area contributed by atoms with Gasteiger partial charge in [-0.15, -0.1) is 0 Å². The number of hydrogen-bond acceptors (Lipinski definition) is 4. The van der Waals surface area contributed by atoms with Crippen LogP contribution in [-0.4, -0.2) is 47.8 Å². The maximum Gasteiger partial charge on any atom is 0.256 e. The number of morpholine rings is 1.